The van der Waals surface area contributed by atoms with Gasteiger partial charge in [0.25, 0.3) is 0 Å². The van der Waals surface area contributed by atoms with Gasteiger partial charge in [0.15, 0.2) is 0 Å². The minimum Gasteiger partial charge on any atom is -0.326 e. The Morgan fingerprint density at radius 3 is 2.75 bits per heavy atom. The van der Waals surface area contributed by atoms with Crippen LogP contribution in [0.2, 0.25) is 0 Å². The Kier molecular flexibility index (Phi) is 4.71. The molecule has 24 heavy (non-hydrogen) atoms. The summed E-state index contributed by atoms with van der Waals surface area (Å²) in [4.78, 5) is 22.2. The number of thiazole rings is 1. The van der Waals surface area contributed by atoms with Gasteiger partial charge in [-0.15, -0.1) is 11.3 Å². The molecule has 3 aromatic rings. The van der Waals surface area contributed by atoms with Gasteiger partial charge in [0.2, 0.25) is 5.91 Å². The monoisotopic (exact) mass is 337 g/mol. The maximum Gasteiger partial charge on any atom is 0.229 e. The van der Waals surface area contributed by atoms with Crippen molar-refractivity contribution in [3.05, 3.63) is 64.3 Å². The summed E-state index contributed by atoms with van der Waals surface area (Å²) in [6, 6.07) is 11.8. The second-order valence-electron chi connectivity index (χ2n) is 5.79. The highest BCUT2D eigenvalue weighted by molar-refractivity contribution is 7.15. The first kappa shape index (κ1) is 16.3. The largest absolute Gasteiger partial charge is 0.326 e. The zero-order valence-corrected chi connectivity index (χ0v) is 14.8. The van der Waals surface area contributed by atoms with E-state index in [4.69, 9.17) is 0 Å². The van der Waals surface area contributed by atoms with Crippen molar-refractivity contribution in [1.29, 1.82) is 0 Å². The molecule has 4 nitrogen and oxygen atoms in total. The molecule has 0 atom stereocenters. The van der Waals surface area contributed by atoms with Gasteiger partial charge in [-0.05, 0) is 50.1 Å². The Morgan fingerprint density at radius 1 is 1.17 bits per heavy atom. The Morgan fingerprint density at radius 2 is 2.00 bits per heavy atom. The molecule has 0 aliphatic carbocycles. The molecular weight excluding hydrogens is 318 g/mol. The lowest BCUT2D eigenvalue weighted by molar-refractivity contribution is -0.115. The van der Waals surface area contributed by atoms with Crippen LogP contribution in [-0.2, 0) is 11.2 Å². The van der Waals surface area contributed by atoms with Crippen LogP contribution >= 0.6 is 11.3 Å². The number of hydrogen-bond donors (Lipinski definition) is 1. The van der Waals surface area contributed by atoms with Crippen molar-refractivity contribution in [3.63, 3.8) is 0 Å². The number of nitrogens with one attached hydrogen (secondary N) is 1. The maximum absolute atomic E-state index is 12.4. The minimum atomic E-state index is -0.0250. The van der Waals surface area contributed by atoms with Crippen molar-refractivity contribution >= 4 is 22.9 Å². The molecule has 5 heteroatoms. The van der Waals surface area contributed by atoms with Crippen LogP contribution in [-0.4, -0.2) is 15.9 Å². The summed E-state index contributed by atoms with van der Waals surface area (Å²) in [6.45, 7) is 5.94. The molecule has 0 spiro atoms. The second-order valence-corrected chi connectivity index (χ2v) is 6.87. The van der Waals surface area contributed by atoms with Gasteiger partial charge >= 0.3 is 0 Å². The zero-order chi connectivity index (χ0) is 17.1. The number of carbonyl (C=O) groups excluding carboxylic acids is 1. The average Bonchev–Trinajstić information content (AvgIpc) is 2.92. The Hall–Kier alpha value is -2.53. The number of anilines is 1. The molecule has 1 aromatic carbocycles. The highest BCUT2D eigenvalue weighted by Gasteiger charge is 2.14. The molecule has 122 valence electrons. The van der Waals surface area contributed by atoms with E-state index in [1.165, 1.54) is 11.3 Å². The minimum absolute atomic E-state index is 0.0250. The lowest BCUT2D eigenvalue weighted by atomic mass is 10.1. The van der Waals surface area contributed by atoms with Gasteiger partial charge < -0.3 is 5.32 Å². The number of nitrogens with zero attached hydrogens (tertiary/aromatic N) is 2. The molecule has 0 radical (unpaired) electrons. The van der Waals surface area contributed by atoms with E-state index in [1.807, 2.05) is 57.2 Å². The molecule has 0 aliphatic heterocycles. The van der Waals surface area contributed by atoms with E-state index in [9.17, 15) is 4.79 Å². The highest BCUT2D eigenvalue weighted by Crippen LogP contribution is 2.27. The van der Waals surface area contributed by atoms with Crippen LogP contribution in [0.25, 0.3) is 10.7 Å². The number of aryl methyl sites for hydroxylation is 3. The third-order valence-corrected chi connectivity index (χ3v) is 4.94. The van der Waals surface area contributed by atoms with Crippen LogP contribution in [0.5, 0.6) is 0 Å². The average molecular weight is 337 g/mol. The molecule has 3 rings (SSSR count). The van der Waals surface area contributed by atoms with Crippen molar-refractivity contribution < 1.29 is 4.79 Å². The first-order valence-electron chi connectivity index (χ1n) is 7.78. The smallest absolute Gasteiger partial charge is 0.229 e. The molecule has 1 N–H and O–H groups in total. The first-order chi connectivity index (χ1) is 11.5. The molecule has 0 saturated heterocycles. The molecule has 2 heterocycles. The van der Waals surface area contributed by atoms with Crippen LogP contribution in [0, 0.1) is 20.8 Å². The fraction of sp³-hybridized carbons (Fsp3) is 0.211. The van der Waals surface area contributed by atoms with E-state index in [0.717, 1.165) is 38.1 Å². The molecule has 0 aliphatic rings. The topological polar surface area (TPSA) is 54.9 Å². The molecule has 0 saturated carbocycles. The van der Waals surface area contributed by atoms with Crippen molar-refractivity contribution in [2.24, 2.45) is 0 Å². The SMILES string of the molecule is Cc1ccc(C)c(NC(=O)Cc2sc(-c3ccccn3)nc2C)c1. The van der Waals surface area contributed by atoms with Gasteiger partial charge in [-0.3, -0.25) is 9.78 Å². The number of pyridine rings is 1. The van der Waals surface area contributed by atoms with Crippen molar-refractivity contribution in [2.45, 2.75) is 27.2 Å². The third-order valence-electron chi connectivity index (χ3n) is 3.76. The van der Waals surface area contributed by atoms with E-state index in [1.54, 1.807) is 6.20 Å². The number of rotatable bonds is 4. The third kappa shape index (κ3) is 3.68. The Labute approximate surface area is 145 Å². The summed E-state index contributed by atoms with van der Waals surface area (Å²) in [5.74, 6) is -0.0250. The number of aromatic nitrogens is 2. The number of amides is 1. The normalized spacial score (nSPS) is 10.6. The number of carbonyl (C=O) groups is 1. The van der Waals surface area contributed by atoms with Gasteiger partial charge in [-0.25, -0.2) is 4.98 Å². The van der Waals surface area contributed by atoms with Gasteiger partial charge in [0, 0.05) is 16.8 Å². The van der Waals surface area contributed by atoms with E-state index < -0.39 is 0 Å². The van der Waals surface area contributed by atoms with Crippen molar-refractivity contribution in [1.82, 2.24) is 9.97 Å². The van der Waals surface area contributed by atoms with E-state index in [0.29, 0.717) is 6.42 Å². The predicted octanol–water partition coefficient (Wildman–Crippen LogP) is 4.31. The summed E-state index contributed by atoms with van der Waals surface area (Å²) in [7, 11) is 0. The number of hydrogen-bond acceptors (Lipinski definition) is 4. The van der Waals surface area contributed by atoms with Crippen LogP contribution < -0.4 is 5.32 Å². The maximum atomic E-state index is 12.4. The Balaban J connectivity index is 1.75. The van der Waals surface area contributed by atoms with E-state index >= 15 is 0 Å². The molecule has 0 unspecified atom stereocenters. The van der Waals surface area contributed by atoms with Gasteiger partial charge in [0.1, 0.15) is 5.01 Å². The fourth-order valence-corrected chi connectivity index (χ4v) is 3.44. The zero-order valence-electron chi connectivity index (χ0n) is 14.0. The number of benzene rings is 1. The molecule has 2 aromatic heterocycles. The lowest BCUT2D eigenvalue weighted by Gasteiger charge is -2.09. The summed E-state index contributed by atoms with van der Waals surface area (Å²) in [6.07, 6.45) is 2.07. The van der Waals surface area contributed by atoms with Crippen LogP contribution in [0.4, 0.5) is 5.69 Å². The summed E-state index contributed by atoms with van der Waals surface area (Å²) in [5, 5.41) is 3.85. The highest BCUT2D eigenvalue weighted by atomic mass is 32.1. The quantitative estimate of drug-likeness (QED) is 0.772. The van der Waals surface area contributed by atoms with Gasteiger partial charge in [-0.1, -0.05) is 18.2 Å². The summed E-state index contributed by atoms with van der Waals surface area (Å²) >= 11 is 1.52. The standard InChI is InChI=1S/C19H19N3OS/c1-12-7-8-13(2)16(10-12)22-18(23)11-17-14(3)21-19(24-17)15-6-4-5-9-20-15/h4-10H,11H2,1-3H3,(H,22,23). The van der Waals surface area contributed by atoms with Gasteiger partial charge in [0.05, 0.1) is 17.8 Å². The van der Waals surface area contributed by atoms with Crippen LogP contribution in [0.3, 0.4) is 0 Å². The summed E-state index contributed by atoms with van der Waals surface area (Å²) in [5.41, 5.74) is 4.78. The molecule has 1 amide bonds. The summed E-state index contributed by atoms with van der Waals surface area (Å²) < 4.78 is 0. The predicted molar refractivity (Wildman–Crippen MR) is 98.3 cm³/mol. The molecule has 0 bridgehead atoms. The van der Waals surface area contributed by atoms with E-state index in [2.05, 4.69) is 15.3 Å². The molecular formula is C19H19N3OS. The molecule has 0 fully saturated rings. The lowest BCUT2D eigenvalue weighted by Crippen LogP contribution is -2.15. The van der Waals surface area contributed by atoms with Crippen LogP contribution in [0.15, 0.2) is 42.6 Å². The van der Waals surface area contributed by atoms with E-state index in [-0.39, 0.29) is 5.91 Å². The van der Waals surface area contributed by atoms with Crippen LogP contribution in [0.1, 0.15) is 21.7 Å². The van der Waals surface area contributed by atoms with Gasteiger partial charge in [-0.2, -0.15) is 0 Å². The van der Waals surface area contributed by atoms with Crippen molar-refractivity contribution in [3.8, 4) is 10.7 Å². The Bertz CT molecular complexity index is 872. The fourth-order valence-electron chi connectivity index (χ4n) is 2.40. The first-order valence-corrected chi connectivity index (χ1v) is 8.59. The van der Waals surface area contributed by atoms with Crippen molar-refractivity contribution in [2.75, 3.05) is 5.32 Å². The second kappa shape index (κ2) is 6.93.